The van der Waals surface area contributed by atoms with Gasteiger partial charge in [0.05, 0.1) is 12.2 Å². The Labute approximate surface area is 107 Å². The van der Waals surface area contributed by atoms with E-state index in [0.29, 0.717) is 12.5 Å². The van der Waals surface area contributed by atoms with Gasteiger partial charge in [-0.3, -0.25) is 0 Å². The van der Waals surface area contributed by atoms with E-state index >= 15 is 0 Å². The number of nitrogens with zero attached hydrogens (tertiary/aromatic N) is 1. The monoisotopic (exact) mass is 249 g/mol. The quantitative estimate of drug-likeness (QED) is 0.787. The number of hydrogen-bond donors (Lipinski definition) is 1. The maximum atomic E-state index is 10.6. The molecule has 1 aliphatic rings. The van der Waals surface area contributed by atoms with Gasteiger partial charge in [-0.1, -0.05) is 25.7 Å². The zero-order valence-electron chi connectivity index (χ0n) is 10.5. The van der Waals surface area contributed by atoms with E-state index < -0.39 is 5.97 Å². The first-order valence-electron chi connectivity index (χ1n) is 6.58. The van der Waals surface area contributed by atoms with Crippen LogP contribution < -0.4 is 4.74 Å². The fourth-order valence-corrected chi connectivity index (χ4v) is 2.44. The van der Waals surface area contributed by atoms with Gasteiger partial charge in [0.2, 0.25) is 5.88 Å². The number of pyridine rings is 1. The van der Waals surface area contributed by atoms with Crippen LogP contribution in [0.1, 0.15) is 48.9 Å². The number of carboxylic acid groups (broad SMARTS) is 1. The Balaban J connectivity index is 1.68. The SMILES string of the molecule is O=C(O)c1ccc(OCCCC2CCCC2)nc1. The largest absolute Gasteiger partial charge is 0.478 e. The summed E-state index contributed by atoms with van der Waals surface area (Å²) in [7, 11) is 0. The molecule has 98 valence electrons. The highest BCUT2D eigenvalue weighted by molar-refractivity contribution is 5.87. The summed E-state index contributed by atoms with van der Waals surface area (Å²) in [5.74, 6) is 0.428. The van der Waals surface area contributed by atoms with Gasteiger partial charge in [0.25, 0.3) is 0 Å². The van der Waals surface area contributed by atoms with E-state index in [1.165, 1.54) is 44.4 Å². The molecule has 0 bridgehead atoms. The van der Waals surface area contributed by atoms with E-state index in [9.17, 15) is 4.79 Å². The second kappa shape index (κ2) is 6.38. The molecule has 0 aliphatic heterocycles. The van der Waals surface area contributed by atoms with E-state index in [1.807, 2.05) is 0 Å². The Bertz CT molecular complexity index is 383. The first-order chi connectivity index (χ1) is 8.75. The van der Waals surface area contributed by atoms with Crippen LogP contribution >= 0.6 is 0 Å². The Morgan fingerprint density at radius 3 is 2.78 bits per heavy atom. The van der Waals surface area contributed by atoms with Gasteiger partial charge in [0.1, 0.15) is 0 Å². The van der Waals surface area contributed by atoms with Crippen molar-refractivity contribution in [2.24, 2.45) is 5.92 Å². The van der Waals surface area contributed by atoms with E-state index in [1.54, 1.807) is 6.07 Å². The van der Waals surface area contributed by atoms with Gasteiger partial charge >= 0.3 is 5.97 Å². The first-order valence-corrected chi connectivity index (χ1v) is 6.58. The third kappa shape index (κ3) is 3.72. The fourth-order valence-electron chi connectivity index (χ4n) is 2.44. The van der Waals surface area contributed by atoms with Crippen LogP contribution in [0.25, 0.3) is 0 Å². The average Bonchev–Trinajstić information content (AvgIpc) is 2.88. The van der Waals surface area contributed by atoms with Gasteiger partial charge in [-0.05, 0) is 24.8 Å². The smallest absolute Gasteiger partial charge is 0.337 e. The minimum atomic E-state index is -0.963. The zero-order chi connectivity index (χ0) is 12.8. The second-order valence-corrected chi connectivity index (χ2v) is 4.83. The minimum Gasteiger partial charge on any atom is -0.478 e. The van der Waals surface area contributed by atoms with Crippen molar-refractivity contribution in [3.8, 4) is 5.88 Å². The standard InChI is InChI=1S/C14H19NO3/c16-14(17)12-7-8-13(15-10-12)18-9-3-6-11-4-1-2-5-11/h7-8,10-11H,1-6,9H2,(H,16,17). The third-order valence-corrected chi connectivity index (χ3v) is 3.46. The molecule has 0 saturated heterocycles. The number of ether oxygens (including phenoxy) is 1. The molecular formula is C14H19NO3. The van der Waals surface area contributed by atoms with E-state index in [-0.39, 0.29) is 5.56 Å². The Hall–Kier alpha value is -1.58. The van der Waals surface area contributed by atoms with Crippen LogP contribution in [0.2, 0.25) is 0 Å². The summed E-state index contributed by atoms with van der Waals surface area (Å²) in [5.41, 5.74) is 0.188. The lowest BCUT2D eigenvalue weighted by Crippen LogP contribution is -2.03. The predicted molar refractivity (Wildman–Crippen MR) is 67.9 cm³/mol. The molecule has 1 N–H and O–H groups in total. The summed E-state index contributed by atoms with van der Waals surface area (Å²) in [6, 6.07) is 3.13. The van der Waals surface area contributed by atoms with Gasteiger partial charge < -0.3 is 9.84 Å². The number of carboxylic acids is 1. The van der Waals surface area contributed by atoms with Gasteiger partial charge in [-0.2, -0.15) is 0 Å². The topological polar surface area (TPSA) is 59.4 Å². The molecule has 0 unspecified atom stereocenters. The van der Waals surface area contributed by atoms with E-state index in [4.69, 9.17) is 9.84 Å². The molecule has 1 fully saturated rings. The fraction of sp³-hybridized carbons (Fsp3) is 0.571. The number of carbonyl (C=O) groups is 1. The molecule has 2 rings (SSSR count). The molecule has 1 aliphatic carbocycles. The average molecular weight is 249 g/mol. The van der Waals surface area contributed by atoms with Crippen LogP contribution in [0.3, 0.4) is 0 Å². The number of hydrogen-bond acceptors (Lipinski definition) is 3. The highest BCUT2D eigenvalue weighted by atomic mass is 16.5. The van der Waals surface area contributed by atoms with E-state index in [0.717, 1.165) is 12.3 Å². The van der Waals surface area contributed by atoms with Crippen molar-refractivity contribution >= 4 is 5.97 Å². The molecule has 1 saturated carbocycles. The predicted octanol–water partition coefficient (Wildman–Crippen LogP) is 3.13. The van der Waals surface area contributed by atoms with Crippen molar-refractivity contribution in [2.45, 2.75) is 38.5 Å². The molecule has 0 radical (unpaired) electrons. The van der Waals surface area contributed by atoms with Crippen molar-refractivity contribution in [1.82, 2.24) is 4.98 Å². The molecule has 1 heterocycles. The van der Waals surface area contributed by atoms with Crippen molar-refractivity contribution in [3.63, 3.8) is 0 Å². The molecule has 18 heavy (non-hydrogen) atoms. The summed E-state index contributed by atoms with van der Waals surface area (Å²) in [5, 5.41) is 8.73. The summed E-state index contributed by atoms with van der Waals surface area (Å²) in [4.78, 5) is 14.6. The molecular weight excluding hydrogens is 230 g/mol. The Morgan fingerprint density at radius 1 is 1.39 bits per heavy atom. The van der Waals surface area contributed by atoms with Gasteiger partial charge in [-0.25, -0.2) is 9.78 Å². The van der Waals surface area contributed by atoms with Crippen LogP contribution in [0.15, 0.2) is 18.3 Å². The molecule has 1 aromatic rings. The third-order valence-electron chi connectivity index (χ3n) is 3.46. The lowest BCUT2D eigenvalue weighted by Gasteiger charge is -2.09. The van der Waals surface area contributed by atoms with Crippen LogP contribution in [0, 0.1) is 5.92 Å². The molecule has 0 amide bonds. The van der Waals surface area contributed by atoms with Crippen molar-refractivity contribution < 1.29 is 14.6 Å². The molecule has 0 spiro atoms. The zero-order valence-corrected chi connectivity index (χ0v) is 10.5. The van der Waals surface area contributed by atoms with Gasteiger partial charge in [0, 0.05) is 12.3 Å². The maximum Gasteiger partial charge on any atom is 0.337 e. The van der Waals surface area contributed by atoms with Crippen molar-refractivity contribution in [2.75, 3.05) is 6.61 Å². The maximum absolute atomic E-state index is 10.6. The van der Waals surface area contributed by atoms with Crippen LogP contribution in [0.5, 0.6) is 5.88 Å². The normalized spacial score (nSPS) is 15.8. The molecule has 4 nitrogen and oxygen atoms in total. The highest BCUT2D eigenvalue weighted by Gasteiger charge is 2.14. The molecule has 1 aromatic heterocycles. The highest BCUT2D eigenvalue weighted by Crippen LogP contribution is 2.28. The second-order valence-electron chi connectivity index (χ2n) is 4.83. The Morgan fingerprint density at radius 2 is 2.17 bits per heavy atom. The summed E-state index contributed by atoms with van der Waals surface area (Å²) in [6.45, 7) is 0.663. The summed E-state index contributed by atoms with van der Waals surface area (Å²) in [6.07, 6.45) is 9.10. The van der Waals surface area contributed by atoms with Crippen molar-refractivity contribution in [1.29, 1.82) is 0 Å². The number of rotatable bonds is 6. The summed E-state index contributed by atoms with van der Waals surface area (Å²) >= 11 is 0. The summed E-state index contributed by atoms with van der Waals surface area (Å²) < 4.78 is 5.50. The minimum absolute atomic E-state index is 0.188. The van der Waals surface area contributed by atoms with Gasteiger partial charge in [0.15, 0.2) is 0 Å². The van der Waals surface area contributed by atoms with Gasteiger partial charge in [-0.15, -0.1) is 0 Å². The molecule has 4 heteroatoms. The van der Waals surface area contributed by atoms with E-state index in [2.05, 4.69) is 4.98 Å². The lowest BCUT2D eigenvalue weighted by atomic mass is 10.0. The first kappa shape index (κ1) is 12.9. The molecule has 0 atom stereocenters. The lowest BCUT2D eigenvalue weighted by molar-refractivity contribution is 0.0696. The Kier molecular flexibility index (Phi) is 4.56. The van der Waals surface area contributed by atoms with Crippen LogP contribution in [0.4, 0.5) is 0 Å². The van der Waals surface area contributed by atoms with Crippen LogP contribution in [-0.4, -0.2) is 22.7 Å². The number of aromatic nitrogens is 1. The molecule has 0 aromatic carbocycles. The number of aromatic carboxylic acids is 1. The van der Waals surface area contributed by atoms with Crippen molar-refractivity contribution in [3.05, 3.63) is 23.9 Å². The van der Waals surface area contributed by atoms with Crippen LogP contribution in [-0.2, 0) is 0 Å².